The van der Waals surface area contributed by atoms with Gasteiger partial charge in [-0.2, -0.15) is 0 Å². The largest absolute Gasteiger partial charge is 0.496 e. The van der Waals surface area contributed by atoms with E-state index in [0.717, 1.165) is 22.4 Å². The van der Waals surface area contributed by atoms with E-state index in [2.05, 4.69) is 10.2 Å². The SMILES string of the molecule is COc1cc(F)ccc1CCc1ccc(-c2ccc(S(C)(=O)=O)cc2)c2nncn12. The third-order valence-corrected chi connectivity index (χ3v) is 6.16. The van der Waals surface area contributed by atoms with Crippen molar-refractivity contribution < 1.29 is 17.5 Å². The molecule has 4 aromatic rings. The number of hydrogen-bond acceptors (Lipinski definition) is 5. The van der Waals surface area contributed by atoms with Crippen LogP contribution in [0.3, 0.4) is 0 Å². The molecule has 0 N–H and O–H groups in total. The Balaban J connectivity index is 1.65. The molecule has 2 aromatic heterocycles. The standard InChI is InChI=1S/C22H20FN3O3S/c1-29-21-13-17(23)7-3-16(21)4-8-18-9-12-20(22-25-24-14-26(18)22)15-5-10-19(11-6-15)30(2,27)28/h3,5-7,9-14H,4,8H2,1-2H3. The van der Waals surface area contributed by atoms with Crippen molar-refractivity contribution in [3.05, 3.63) is 78.0 Å². The molecular formula is C22H20FN3O3S. The highest BCUT2D eigenvalue weighted by molar-refractivity contribution is 7.90. The number of aryl methyl sites for hydroxylation is 2. The van der Waals surface area contributed by atoms with Crippen molar-refractivity contribution in [1.82, 2.24) is 14.6 Å². The predicted octanol–water partition coefficient (Wildman–Crippen LogP) is 3.73. The molecule has 0 fully saturated rings. The van der Waals surface area contributed by atoms with Crippen molar-refractivity contribution >= 4 is 15.5 Å². The molecule has 0 aliphatic heterocycles. The third kappa shape index (κ3) is 3.91. The van der Waals surface area contributed by atoms with Gasteiger partial charge in [-0.15, -0.1) is 10.2 Å². The van der Waals surface area contributed by atoms with E-state index in [-0.39, 0.29) is 10.7 Å². The molecule has 154 valence electrons. The first-order chi connectivity index (χ1) is 14.4. The summed E-state index contributed by atoms with van der Waals surface area (Å²) < 4.78 is 44.0. The average molecular weight is 425 g/mol. The van der Waals surface area contributed by atoms with Gasteiger partial charge in [-0.1, -0.05) is 18.2 Å². The number of hydrogen-bond donors (Lipinski definition) is 0. The highest BCUT2D eigenvalue weighted by Crippen LogP contribution is 2.27. The lowest BCUT2D eigenvalue weighted by Crippen LogP contribution is -2.02. The molecule has 2 aromatic carbocycles. The Kier molecular flexibility index (Phi) is 5.26. The van der Waals surface area contributed by atoms with Crippen LogP contribution in [0.5, 0.6) is 5.75 Å². The lowest BCUT2D eigenvalue weighted by atomic mass is 10.0. The van der Waals surface area contributed by atoms with Gasteiger partial charge in [-0.25, -0.2) is 12.8 Å². The van der Waals surface area contributed by atoms with E-state index >= 15 is 0 Å². The molecule has 4 rings (SSSR count). The van der Waals surface area contributed by atoms with Crippen LogP contribution in [0.25, 0.3) is 16.8 Å². The van der Waals surface area contributed by atoms with E-state index in [4.69, 9.17) is 4.74 Å². The maximum Gasteiger partial charge on any atom is 0.175 e. The minimum atomic E-state index is -3.25. The van der Waals surface area contributed by atoms with Gasteiger partial charge in [0.15, 0.2) is 15.5 Å². The normalized spacial score (nSPS) is 11.7. The molecule has 0 saturated heterocycles. The van der Waals surface area contributed by atoms with Crippen molar-refractivity contribution in [3.8, 4) is 16.9 Å². The number of ether oxygens (including phenoxy) is 1. The van der Waals surface area contributed by atoms with Gasteiger partial charge in [0.25, 0.3) is 0 Å². The zero-order chi connectivity index (χ0) is 21.3. The van der Waals surface area contributed by atoms with Crippen LogP contribution in [0.15, 0.2) is 65.8 Å². The quantitative estimate of drug-likeness (QED) is 0.471. The number of pyridine rings is 1. The second kappa shape index (κ2) is 7.87. The summed E-state index contributed by atoms with van der Waals surface area (Å²) in [5, 5.41) is 8.30. The molecular weight excluding hydrogens is 405 g/mol. The molecule has 0 unspecified atom stereocenters. The number of benzene rings is 2. The highest BCUT2D eigenvalue weighted by Gasteiger charge is 2.13. The number of methoxy groups -OCH3 is 1. The summed E-state index contributed by atoms with van der Waals surface area (Å²) >= 11 is 0. The first-order valence-electron chi connectivity index (χ1n) is 9.31. The first-order valence-corrected chi connectivity index (χ1v) is 11.2. The fourth-order valence-electron chi connectivity index (χ4n) is 3.46. The van der Waals surface area contributed by atoms with Crippen LogP contribution in [-0.2, 0) is 22.7 Å². The first kappa shape index (κ1) is 20.0. The van der Waals surface area contributed by atoms with Crippen molar-refractivity contribution in [2.45, 2.75) is 17.7 Å². The molecule has 0 radical (unpaired) electrons. The van der Waals surface area contributed by atoms with Crippen LogP contribution in [0.4, 0.5) is 4.39 Å². The molecule has 2 heterocycles. The maximum atomic E-state index is 13.4. The van der Waals surface area contributed by atoms with Crippen molar-refractivity contribution in [3.63, 3.8) is 0 Å². The summed E-state index contributed by atoms with van der Waals surface area (Å²) in [4.78, 5) is 0.272. The van der Waals surface area contributed by atoms with E-state index in [1.54, 1.807) is 36.7 Å². The van der Waals surface area contributed by atoms with Crippen LogP contribution in [-0.4, -0.2) is 36.4 Å². The van der Waals surface area contributed by atoms with Gasteiger partial charge in [0.2, 0.25) is 0 Å². The Hall–Kier alpha value is -3.26. The summed E-state index contributed by atoms with van der Waals surface area (Å²) in [7, 11) is -1.72. The number of halogens is 1. The minimum Gasteiger partial charge on any atom is -0.496 e. The second-order valence-corrected chi connectivity index (χ2v) is 9.03. The van der Waals surface area contributed by atoms with Crippen LogP contribution < -0.4 is 4.74 Å². The van der Waals surface area contributed by atoms with Gasteiger partial charge in [0, 0.05) is 23.6 Å². The van der Waals surface area contributed by atoms with E-state index in [9.17, 15) is 12.8 Å². The zero-order valence-electron chi connectivity index (χ0n) is 16.5. The Morgan fingerprint density at radius 1 is 1.03 bits per heavy atom. The Bertz CT molecular complexity index is 1320. The number of aromatic nitrogens is 3. The van der Waals surface area contributed by atoms with E-state index < -0.39 is 9.84 Å². The predicted molar refractivity (Wildman–Crippen MR) is 112 cm³/mol. The van der Waals surface area contributed by atoms with Gasteiger partial charge in [-0.05, 0) is 54.3 Å². The summed E-state index contributed by atoms with van der Waals surface area (Å²) in [6, 6.07) is 15.2. The van der Waals surface area contributed by atoms with Gasteiger partial charge in [0.1, 0.15) is 17.9 Å². The minimum absolute atomic E-state index is 0.272. The lowest BCUT2D eigenvalue weighted by molar-refractivity contribution is 0.406. The average Bonchev–Trinajstić information content (AvgIpc) is 3.22. The van der Waals surface area contributed by atoms with E-state index in [0.29, 0.717) is 24.2 Å². The maximum absolute atomic E-state index is 13.4. The molecule has 0 amide bonds. The third-order valence-electron chi connectivity index (χ3n) is 5.03. The molecule has 0 aliphatic rings. The van der Waals surface area contributed by atoms with Crippen molar-refractivity contribution in [2.24, 2.45) is 0 Å². The Morgan fingerprint density at radius 2 is 1.80 bits per heavy atom. The summed E-state index contributed by atoms with van der Waals surface area (Å²) in [5.74, 6) is 0.195. The number of nitrogens with zero attached hydrogens (tertiary/aromatic N) is 3. The molecule has 6 nitrogen and oxygen atoms in total. The number of rotatable bonds is 6. The highest BCUT2D eigenvalue weighted by atomic mass is 32.2. The summed E-state index contributed by atoms with van der Waals surface area (Å²) in [6.45, 7) is 0. The summed E-state index contributed by atoms with van der Waals surface area (Å²) in [5.41, 5.74) is 4.31. The fourth-order valence-corrected chi connectivity index (χ4v) is 4.09. The smallest absolute Gasteiger partial charge is 0.175 e. The van der Waals surface area contributed by atoms with Crippen molar-refractivity contribution in [1.29, 1.82) is 0 Å². The van der Waals surface area contributed by atoms with E-state index in [1.165, 1.54) is 25.5 Å². The molecule has 0 spiro atoms. The molecule has 30 heavy (non-hydrogen) atoms. The topological polar surface area (TPSA) is 73.6 Å². The van der Waals surface area contributed by atoms with Gasteiger partial charge in [0.05, 0.1) is 12.0 Å². The van der Waals surface area contributed by atoms with E-state index in [1.807, 2.05) is 16.5 Å². The molecule has 0 saturated carbocycles. The Morgan fingerprint density at radius 3 is 2.50 bits per heavy atom. The number of sulfone groups is 1. The van der Waals surface area contributed by atoms with Gasteiger partial charge < -0.3 is 4.74 Å². The molecule has 0 aliphatic carbocycles. The Labute approximate surface area is 173 Å². The molecule has 0 bridgehead atoms. The van der Waals surface area contributed by atoms with Crippen molar-refractivity contribution in [2.75, 3.05) is 13.4 Å². The van der Waals surface area contributed by atoms with Crippen LogP contribution >= 0.6 is 0 Å². The monoisotopic (exact) mass is 425 g/mol. The zero-order valence-corrected chi connectivity index (χ0v) is 17.4. The van der Waals surface area contributed by atoms with Crippen LogP contribution in [0.2, 0.25) is 0 Å². The van der Waals surface area contributed by atoms with Crippen LogP contribution in [0, 0.1) is 5.82 Å². The van der Waals surface area contributed by atoms with Gasteiger partial charge in [-0.3, -0.25) is 4.40 Å². The lowest BCUT2D eigenvalue weighted by Gasteiger charge is -2.11. The fraction of sp³-hybridized carbons (Fsp3) is 0.182. The van der Waals surface area contributed by atoms with Crippen LogP contribution in [0.1, 0.15) is 11.3 Å². The van der Waals surface area contributed by atoms with Gasteiger partial charge >= 0.3 is 0 Å². The molecule has 0 atom stereocenters. The number of fused-ring (bicyclic) bond motifs is 1. The molecule has 8 heteroatoms. The second-order valence-electron chi connectivity index (χ2n) is 7.02. The summed E-state index contributed by atoms with van der Waals surface area (Å²) in [6.07, 6.45) is 4.19.